The number of esters is 1. The molecule has 1 heterocycles. The summed E-state index contributed by atoms with van der Waals surface area (Å²) in [7, 11) is 0. The maximum Gasteiger partial charge on any atom is 0.344 e. The van der Waals surface area contributed by atoms with Crippen molar-refractivity contribution in [1.29, 1.82) is 0 Å². The van der Waals surface area contributed by atoms with Crippen molar-refractivity contribution in [3.8, 4) is 11.5 Å². The molecule has 0 fully saturated rings. The lowest BCUT2D eigenvalue weighted by atomic mass is 10.0. The van der Waals surface area contributed by atoms with Gasteiger partial charge in [0.1, 0.15) is 18.1 Å². The first-order valence-corrected chi connectivity index (χ1v) is 8.53. The van der Waals surface area contributed by atoms with Gasteiger partial charge in [-0.05, 0) is 42.7 Å². The molecule has 0 spiro atoms. The third-order valence-corrected chi connectivity index (χ3v) is 4.14. The van der Waals surface area contributed by atoms with Gasteiger partial charge < -0.3 is 14.2 Å². The quantitative estimate of drug-likeness (QED) is 0.440. The van der Waals surface area contributed by atoms with Crippen molar-refractivity contribution < 1.29 is 23.8 Å². The summed E-state index contributed by atoms with van der Waals surface area (Å²) in [4.78, 5) is 24.3. The van der Waals surface area contributed by atoms with Gasteiger partial charge in [-0.2, -0.15) is 0 Å². The topological polar surface area (TPSA) is 61.8 Å². The number of hydrogen-bond donors (Lipinski definition) is 0. The molecule has 1 aliphatic rings. The van der Waals surface area contributed by atoms with E-state index in [1.54, 1.807) is 25.1 Å². The van der Waals surface area contributed by atoms with E-state index in [2.05, 4.69) is 6.58 Å². The Balaban J connectivity index is 1.80. The standard InChI is InChI=1S/C22H20O5/c1-4-9-25-20(23)13-26-17-10-15(3)21-18(12-17)27-19(22(21)24)11-16-8-6-5-7-14(16)2/h4-8,10-12H,1,9,13H2,2-3H3/b19-11-. The highest BCUT2D eigenvalue weighted by molar-refractivity contribution is 6.15. The summed E-state index contributed by atoms with van der Waals surface area (Å²) >= 11 is 0. The second-order valence-corrected chi connectivity index (χ2v) is 6.17. The molecular formula is C22H20O5. The molecule has 2 aromatic carbocycles. The van der Waals surface area contributed by atoms with Crippen LogP contribution in [0.1, 0.15) is 27.0 Å². The minimum Gasteiger partial charge on any atom is -0.482 e. The molecule has 0 amide bonds. The maximum absolute atomic E-state index is 12.7. The number of Topliss-reactive ketones (excluding diaryl/α,β-unsaturated/α-hetero) is 1. The molecule has 0 N–H and O–H groups in total. The molecule has 3 rings (SSSR count). The van der Waals surface area contributed by atoms with Crippen LogP contribution in [0.2, 0.25) is 0 Å². The number of benzene rings is 2. The fourth-order valence-electron chi connectivity index (χ4n) is 2.79. The van der Waals surface area contributed by atoms with Crippen molar-refractivity contribution in [2.24, 2.45) is 0 Å². The van der Waals surface area contributed by atoms with Crippen molar-refractivity contribution in [3.63, 3.8) is 0 Å². The van der Waals surface area contributed by atoms with Crippen LogP contribution in [0.5, 0.6) is 11.5 Å². The number of ketones is 1. The van der Waals surface area contributed by atoms with Crippen LogP contribution in [0.25, 0.3) is 6.08 Å². The normalized spacial score (nSPS) is 13.9. The van der Waals surface area contributed by atoms with E-state index in [1.807, 2.05) is 31.2 Å². The summed E-state index contributed by atoms with van der Waals surface area (Å²) in [6.45, 7) is 7.16. The Bertz CT molecular complexity index is 940. The Labute approximate surface area is 157 Å². The van der Waals surface area contributed by atoms with Crippen LogP contribution in [0.4, 0.5) is 0 Å². The molecule has 5 heteroatoms. The van der Waals surface area contributed by atoms with E-state index in [0.717, 1.165) is 16.7 Å². The highest BCUT2D eigenvalue weighted by Crippen LogP contribution is 2.37. The molecule has 5 nitrogen and oxygen atoms in total. The summed E-state index contributed by atoms with van der Waals surface area (Å²) in [5.41, 5.74) is 3.21. The van der Waals surface area contributed by atoms with E-state index in [0.29, 0.717) is 17.1 Å². The van der Waals surface area contributed by atoms with E-state index < -0.39 is 5.97 Å². The predicted molar refractivity (Wildman–Crippen MR) is 102 cm³/mol. The molecule has 27 heavy (non-hydrogen) atoms. The van der Waals surface area contributed by atoms with Crippen molar-refractivity contribution in [3.05, 3.63) is 77.1 Å². The first-order chi connectivity index (χ1) is 13.0. The van der Waals surface area contributed by atoms with Gasteiger partial charge in [0.25, 0.3) is 0 Å². The Kier molecular flexibility index (Phi) is 5.41. The van der Waals surface area contributed by atoms with Crippen LogP contribution in [-0.2, 0) is 9.53 Å². The van der Waals surface area contributed by atoms with Crippen molar-refractivity contribution in [2.45, 2.75) is 13.8 Å². The van der Waals surface area contributed by atoms with Gasteiger partial charge in [-0.25, -0.2) is 4.79 Å². The third-order valence-electron chi connectivity index (χ3n) is 4.14. The fraction of sp³-hybridized carbons (Fsp3) is 0.182. The van der Waals surface area contributed by atoms with Crippen LogP contribution in [-0.4, -0.2) is 25.0 Å². The number of carbonyl (C=O) groups is 2. The van der Waals surface area contributed by atoms with E-state index in [9.17, 15) is 9.59 Å². The second-order valence-electron chi connectivity index (χ2n) is 6.17. The Morgan fingerprint density at radius 1 is 1.19 bits per heavy atom. The fourth-order valence-corrected chi connectivity index (χ4v) is 2.79. The van der Waals surface area contributed by atoms with Crippen LogP contribution in [0, 0.1) is 13.8 Å². The number of aryl methyl sites for hydroxylation is 2. The second kappa shape index (κ2) is 7.91. The Morgan fingerprint density at radius 2 is 1.96 bits per heavy atom. The Hall–Kier alpha value is -3.34. The van der Waals surface area contributed by atoms with Gasteiger partial charge in [0.2, 0.25) is 5.78 Å². The molecule has 1 aliphatic heterocycles. The highest BCUT2D eigenvalue weighted by atomic mass is 16.6. The van der Waals surface area contributed by atoms with Gasteiger partial charge in [-0.15, -0.1) is 0 Å². The van der Waals surface area contributed by atoms with E-state index in [-0.39, 0.29) is 24.8 Å². The molecule has 0 bridgehead atoms. The number of carbonyl (C=O) groups excluding carboxylic acids is 2. The largest absolute Gasteiger partial charge is 0.482 e. The van der Waals surface area contributed by atoms with Crippen molar-refractivity contribution in [2.75, 3.05) is 13.2 Å². The molecule has 0 atom stereocenters. The van der Waals surface area contributed by atoms with Crippen LogP contribution in [0.15, 0.2) is 54.8 Å². The van der Waals surface area contributed by atoms with Crippen LogP contribution >= 0.6 is 0 Å². The molecule has 0 saturated carbocycles. The first kappa shape index (κ1) is 18.5. The molecule has 0 saturated heterocycles. The molecule has 0 unspecified atom stereocenters. The third kappa shape index (κ3) is 4.08. The summed E-state index contributed by atoms with van der Waals surface area (Å²) in [5.74, 6) is 0.471. The van der Waals surface area contributed by atoms with Gasteiger partial charge in [0, 0.05) is 6.07 Å². The summed E-state index contributed by atoms with van der Waals surface area (Å²) in [6.07, 6.45) is 3.23. The van der Waals surface area contributed by atoms with Gasteiger partial charge in [0.15, 0.2) is 12.4 Å². The SMILES string of the molecule is C=CCOC(=O)COc1cc(C)c2c(c1)O/C(=C\c1ccccc1C)C2=O. The zero-order valence-electron chi connectivity index (χ0n) is 15.3. The van der Waals surface area contributed by atoms with Crippen LogP contribution in [0.3, 0.4) is 0 Å². The van der Waals surface area contributed by atoms with Crippen molar-refractivity contribution >= 4 is 17.8 Å². The molecular weight excluding hydrogens is 344 g/mol. The minimum absolute atomic E-state index is 0.135. The number of ether oxygens (including phenoxy) is 3. The number of fused-ring (bicyclic) bond motifs is 1. The van der Waals surface area contributed by atoms with E-state index in [1.165, 1.54) is 6.08 Å². The molecule has 138 valence electrons. The average Bonchev–Trinajstić information content (AvgIpc) is 2.96. The number of allylic oxidation sites excluding steroid dienone is 1. The number of rotatable bonds is 6. The molecule has 2 aromatic rings. The average molecular weight is 364 g/mol. The van der Waals surface area contributed by atoms with Gasteiger partial charge in [-0.3, -0.25) is 4.79 Å². The van der Waals surface area contributed by atoms with Gasteiger partial charge >= 0.3 is 5.97 Å². The molecule has 0 radical (unpaired) electrons. The summed E-state index contributed by atoms with van der Waals surface area (Å²) in [5, 5.41) is 0. The smallest absolute Gasteiger partial charge is 0.344 e. The summed E-state index contributed by atoms with van der Waals surface area (Å²) in [6, 6.07) is 11.1. The summed E-state index contributed by atoms with van der Waals surface area (Å²) < 4.78 is 16.1. The highest BCUT2D eigenvalue weighted by Gasteiger charge is 2.30. The zero-order chi connectivity index (χ0) is 19.4. The Morgan fingerprint density at radius 3 is 2.70 bits per heavy atom. The lowest BCUT2D eigenvalue weighted by Gasteiger charge is -2.08. The lowest BCUT2D eigenvalue weighted by Crippen LogP contribution is -2.14. The molecule has 0 aromatic heterocycles. The first-order valence-electron chi connectivity index (χ1n) is 8.53. The predicted octanol–water partition coefficient (Wildman–Crippen LogP) is 4.03. The molecule has 0 aliphatic carbocycles. The zero-order valence-corrected chi connectivity index (χ0v) is 15.3. The van der Waals surface area contributed by atoms with E-state index >= 15 is 0 Å². The minimum atomic E-state index is -0.495. The van der Waals surface area contributed by atoms with Gasteiger partial charge in [0.05, 0.1) is 5.56 Å². The van der Waals surface area contributed by atoms with Gasteiger partial charge in [-0.1, -0.05) is 36.9 Å². The van der Waals surface area contributed by atoms with Crippen LogP contribution < -0.4 is 9.47 Å². The monoisotopic (exact) mass is 364 g/mol. The van der Waals surface area contributed by atoms with Crippen molar-refractivity contribution in [1.82, 2.24) is 0 Å². The number of hydrogen-bond acceptors (Lipinski definition) is 5. The lowest BCUT2D eigenvalue weighted by molar-refractivity contribution is -0.144. The van der Waals surface area contributed by atoms with E-state index in [4.69, 9.17) is 14.2 Å². The maximum atomic E-state index is 12.7.